The maximum atomic E-state index is 11.9. The van der Waals surface area contributed by atoms with E-state index in [1.54, 1.807) is 0 Å². The van der Waals surface area contributed by atoms with Gasteiger partial charge in [-0.1, -0.05) is 30.3 Å². The average Bonchev–Trinajstić information content (AvgIpc) is 2.15. The standard InChI is InChI=1S/C13H18N2O/c1-13(2,11-6-4-3-5-7-11)15-12(16)10-8-14-9-10/h3-7,10,14H,8-9H2,1-2H3,(H,15,16). The molecule has 3 heteroatoms. The topological polar surface area (TPSA) is 41.1 Å². The van der Waals surface area contributed by atoms with Crippen molar-refractivity contribution in [3.05, 3.63) is 35.9 Å². The number of rotatable bonds is 3. The minimum absolute atomic E-state index is 0.142. The third-order valence-electron chi connectivity index (χ3n) is 3.08. The molecule has 1 aliphatic heterocycles. The highest BCUT2D eigenvalue weighted by molar-refractivity contribution is 5.80. The first-order chi connectivity index (χ1) is 7.59. The molecule has 0 aromatic heterocycles. The highest BCUT2D eigenvalue weighted by Crippen LogP contribution is 2.20. The molecule has 1 aliphatic rings. The van der Waals surface area contributed by atoms with E-state index in [9.17, 15) is 4.79 Å². The summed E-state index contributed by atoms with van der Waals surface area (Å²) in [5.74, 6) is 0.288. The van der Waals surface area contributed by atoms with Gasteiger partial charge in [-0.05, 0) is 19.4 Å². The molecule has 2 rings (SSSR count). The molecule has 3 nitrogen and oxygen atoms in total. The Morgan fingerprint density at radius 2 is 1.94 bits per heavy atom. The number of hydrogen-bond donors (Lipinski definition) is 2. The first kappa shape index (κ1) is 11.1. The quantitative estimate of drug-likeness (QED) is 0.802. The number of nitrogens with one attached hydrogen (secondary N) is 2. The van der Waals surface area contributed by atoms with Crippen LogP contribution in [0.15, 0.2) is 30.3 Å². The van der Waals surface area contributed by atoms with Gasteiger partial charge in [-0.15, -0.1) is 0 Å². The van der Waals surface area contributed by atoms with Crippen LogP contribution in [0.25, 0.3) is 0 Å². The van der Waals surface area contributed by atoms with Crippen LogP contribution in [0.4, 0.5) is 0 Å². The zero-order valence-electron chi connectivity index (χ0n) is 9.79. The Morgan fingerprint density at radius 3 is 2.44 bits per heavy atom. The normalized spacial score (nSPS) is 16.6. The van der Waals surface area contributed by atoms with Gasteiger partial charge in [0.1, 0.15) is 0 Å². The Labute approximate surface area is 96.2 Å². The molecule has 1 fully saturated rings. The van der Waals surface area contributed by atoms with E-state index in [0.29, 0.717) is 0 Å². The molecule has 0 atom stereocenters. The molecule has 16 heavy (non-hydrogen) atoms. The zero-order valence-corrected chi connectivity index (χ0v) is 9.79. The molecule has 1 aromatic carbocycles. The van der Waals surface area contributed by atoms with E-state index < -0.39 is 0 Å². The maximum Gasteiger partial charge on any atom is 0.226 e. The van der Waals surface area contributed by atoms with Gasteiger partial charge in [0, 0.05) is 13.1 Å². The Bertz CT molecular complexity index is 369. The third-order valence-corrected chi connectivity index (χ3v) is 3.08. The summed E-state index contributed by atoms with van der Waals surface area (Å²) >= 11 is 0. The van der Waals surface area contributed by atoms with Gasteiger partial charge in [0.15, 0.2) is 0 Å². The average molecular weight is 218 g/mol. The highest BCUT2D eigenvalue weighted by Gasteiger charge is 2.30. The molecule has 86 valence electrons. The molecule has 2 N–H and O–H groups in total. The van der Waals surface area contributed by atoms with E-state index >= 15 is 0 Å². The van der Waals surface area contributed by atoms with Crippen LogP contribution in [0.3, 0.4) is 0 Å². The lowest BCUT2D eigenvalue weighted by Gasteiger charge is -2.32. The van der Waals surface area contributed by atoms with Crippen molar-refractivity contribution >= 4 is 5.91 Å². The van der Waals surface area contributed by atoms with Gasteiger partial charge >= 0.3 is 0 Å². The fraction of sp³-hybridized carbons (Fsp3) is 0.462. The summed E-state index contributed by atoms with van der Waals surface area (Å²) in [5.41, 5.74) is 0.837. The van der Waals surface area contributed by atoms with Gasteiger partial charge in [-0.2, -0.15) is 0 Å². The summed E-state index contributed by atoms with van der Waals surface area (Å²) in [6.45, 7) is 5.67. The molecule has 1 amide bonds. The van der Waals surface area contributed by atoms with Crippen LogP contribution in [0.5, 0.6) is 0 Å². The van der Waals surface area contributed by atoms with E-state index in [0.717, 1.165) is 18.7 Å². The van der Waals surface area contributed by atoms with Crippen LogP contribution in [-0.2, 0) is 10.3 Å². The molecule has 0 unspecified atom stereocenters. The molecule has 0 saturated carbocycles. The second kappa shape index (κ2) is 4.26. The summed E-state index contributed by atoms with van der Waals surface area (Å²) < 4.78 is 0. The lowest BCUT2D eigenvalue weighted by molar-refractivity contribution is -0.128. The van der Waals surface area contributed by atoms with Gasteiger partial charge in [0.25, 0.3) is 0 Å². The number of benzene rings is 1. The van der Waals surface area contributed by atoms with Crippen LogP contribution in [0, 0.1) is 5.92 Å². The highest BCUT2D eigenvalue weighted by atomic mass is 16.2. The van der Waals surface area contributed by atoms with Crippen LogP contribution < -0.4 is 10.6 Å². The molecule has 1 saturated heterocycles. The number of amides is 1. The van der Waals surface area contributed by atoms with Crippen LogP contribution in [0.1, 0.15) is 19.4 Å². The minimum atomic E-state index is -0.298. The van der Waals surface area contributed by atoms with Crippen molar-refractivity contribution in [2.75, 3.05) is 13.1 Å². The lowest BCUT2D eigenvalue weighted by atomic mass is 9.92. The minimum Gasteiger partial charge on any atom is -0.347 e. The second-order valence-electron chi connectivity index (χ2n) is 4.84. The van der Waals surface area contributed by atoms with Crippen LogP contribution >= 0.6 is 0 Å². The van der Waals surface area contributed by atoms with E-state index in [1.165, 1.54) is 0 Å². The molecule has 0 aliphatic carbocycles. The van der Waals surface area contributed by atoms with Crippen molar-refractivity contribution < 1.29 is 4.79 Å². The SMILES string of the molecule is CC(C)(NC(=O)C1CNC1)c1ccccc1. The number of carbonyl (C=O) groups excluding carboxylic acids is 1. The van der Waals surface area contributed by atoms with Crippen LogP contribution in [0.2, 0.25) is 0 Å². The Hall–Kier alpha value is -1.35. The van der Waals surface area contributed by atoms with Gasteiger partial charge < -0.3 is 10.6 Å². The van der Waals surface area contributed by atoms with E-state index in [4.69, 9.17) is 0 Å². The lowest BCUT2D eigenvalue weighted by Crippen LogP contribution is -2.54. The summed E-state index contributed by atoms with van der Waals surface area (Å²) in [4.78, 5) is 11.9. The summed E-state index contributed by atoms with van der Waals surface area (Å²) in [6, 6.07) is 10.1. The zero-order chi connectivity index (χ0) is 11.6. The Kier molecular flexibility index (Phi) is 2.97. The fourth-order valence-corrected chi connectivity index (χ4v) is 1.81. The van der Waals surface area contributed by atoms with Crippen molar-refractivity contribution in [3.63, 3.8) is 0 Å². The van der Waals surface area contributed by atoms with E-state index in [1.807, 2.05) is 44.2 Å². The van der Waals surface area contributed by atoms with Crippen molar-refractivity contribution in [3.8, 4) is 0 Å². The molecule has 1 heterocycles. The molecule has 1 aromatic rings. The Morgan fingerprint density at radius 1 is 1.31 bits per heavy atom. The largest absolute Gasteiger partial charge is 0.347 e. The molecule has 0 radical (unpaired) electrons. The monoisotopic (exact) mass is 218 g/mol. The first-order valence-corrected chi connectivity index (χ1v) is 5.68. The molecular formula is C13H18N2O. The van der Waals surface area contributed by atoms with Crippen molar-refractivity contribution in [1.29, 1.82) is 0 Å². The van der Waals surface area contributed by atoms with Crippen molar-refractivity contribution in [2.45, 2.75) is 19.4 Å². The second-order valence-corrected chi connectivity index (χ2v) is 4.84. The first-order valence-electron chi connectivity index (χ1n) is 5.68. The smallest absolute Gasteiger partial charge is 0.226 e. The number of hydrogen-bond acceptors (Lipinski definition) is 2. The van der Waals surface area contributed by atoms with Gasteiger partial charge in [-0.3, -0.25) is 4.79 Å². The summed E-state index contributed by atoms with van der Waals surface area (Å²) in [6.07, 6.45) is 0. The molecule has 0 spiro atoms. The Balaban J connectivity index is 2.04. The maximum absolute atomic E-state index is 11.9. The van der Waals surface area contributed by atoms with Crippen LogP contribution in [-0.4, -0.2) is 19.0 Å². The van der Waals surface area contributed by atoms with E-state index in [-0.39, 0.29) is 17.4 Å². The third kappa shape index (κ3) is 2.25. The van der Waals surface area contributed by atoms with E-state index in [2.05, 4.69) is 10.6 Å². The fourth-order valence-electron chi connectivity index (χ4n) is 1.81. The molecular weight excluding hydrogens is 200 g/mol. The van der Waals surface area contributed by atoms with Crippen molar-refractivity contribution in [1.82, 2.24) is 10.6 Å². The van der Waals surface area contributed by atoms with Gasteiger partial charge in [0.2, 0.25) is 5.91 Å². The predicted octanol–water partition coefficient (Wildman–Crippen LogP) is 1.26. The summed E-state index contributed by atoms with van der Waals surface area (Å²) in [7, 11) is 0. The summed E-state index contributed by atoms with van der Waals surface area (Å²) in [5, 5.41) is 6.20. The predicted molar refractivity (Wildman–Crippen MR) is 64.0 cm³/mol. The van der Waals surface area contributed by atoms with Gasteiger partial charge in [0.05, 0.1) is 11.5 Å². The number of carbonyl (C=O) groups is 1. The van der Waals surface area contributed by atoms with Crippen molar-refractivity contribution in [2.24, 2.45) is 5.92 Å². The van der Waals surface area contributed by atoms with Gasteiger partial charge in [-0.25, -0.2) is 0 Å². The molecule has 0 bridgehead atoms.